The predicted octanol–water partition coefficient (Wildman–Crippen LogP) is -0.561. The topological polar surface area (TPSA) is 114 Å². The third kappa shape index (κ3) is 52.8. The molecular formula is C10H14MoO6. The molecule has 0 aromatic heterocycles. The van der Waals surface area contributed by atoms with Gasteiger partial charge in [0.15, 0.2) is 11.6 Å². The Hall–Kier alpha value is -1.29. The standard InChI is InChI=1S/2C5H8O2.Mo.2O/c2*1-4(6)3-5(2)7;;;/h2*3,6H,1-2H3;;;/q;;+2;;/p-2. The molecule has 0 fully saturated rings. The molecule has 0 radical (unpaired) electrons. The van der Waals surface area contributed by atoms with Crippen molar-refractivity contribution in [2.45, 2.75) is 27.7 Å². The zero-order valence-electron chi connectivity index (χ0n) is 10.0. The number of ketones is 2. The second-order valence-corrected chi connectivity index (χ2v) is 3.13. The van der Waals surface area contributed by atoms with Gasteiger partial charge in [-0.2, -0.15) is 0 Å². The first-order valence-electron chi connectivity index (χ1n) is 4.30. The van der Waals surface area contributed by atoms with E-state index >= 15 is 0 Å². The molecule has 0 aliphatic rings. The molecule has 0 heterocycles. The van der Waals surface area contributed by atoms with Crippen LogP contribution in [0.4, 0.5) is 0 Å². The maximum atomic E-state index is 9.98. The fourth-order valence-electron chi connectivity index (χ4n) is 0.572. The molecule has 96 valence electrons. The molecule has 0 aliphatic heterocycles. The van der Waals surface area contributed by atoms with Crippen molar-refractivity contribution in [1.29, 1.82) is 0 Å². The van der Waals surface area contributed by atoms with E-state index in [9.17, 15) is 19.8 Å². The average Bonchev–Trinajstić information content (AvgIpc) is 1.99. The van der Waals surface area contributed by atoms with E-state index in [1.807, 2.05) is 0 Å². The molecule has 0 amide bonds. The van der Waals surface area contributed by atoms with Crippen LogP contribution in [0.2, 0.25) is 0 Å². The summed E-state index contributed by atoms with van der Waals surface area (Å²) in [6.07, 6.45) is 2.11. The van der Waals surface area contributed by atoms with Crippen LogP contribution in [0.5, 0.6) is 0 Å². The molecule has 0 rings (SSSR count). The van der Waals surface area contributed by atoms with Gasteiger partial charge in [-0.3, -0.25) is 9.59 Å². The first-order chi connectivity index (χ1) is 7.67. The Balaban J connectivity index is -0.000000188. The third-order valence-electron chi connectivity index (χ3n) is 0.813. The summed E-state index contributed by atoms with van der Waals surface area (Å²) in [4.78, 5) is 20.0. The van der Waals surface area contributed by atoms with Crippen LogP contribution in [-0.4, -0.2) is 11.6 Å². The number of carbonyl (C=O) groups excluding carboxylic acids is 2. The van der Waals surface area contributed by atoms with Gasteiger partial charge >= 0.3 is 25.3 Å². The van der Waals surface area contributed by atoms with E-state index in [0.29, 0.717) is 0 Å². The number of hydrogen-bond donors (Lipinski definition) is 0. The van der Waals surface area contributed by atoms with Gasteiger partial charge in [0.1, 0.15) is 0 Å². The van der Waals surface area contributed by atoms with Crippen molar-refractivity contribution in [3.05, 3.63) is 23.7 Å². The Kier molecular flexibility index (Phi) is 18.2. The van der Waals surface area contributed by atoms with Crippen molar-refractivity contribution < 1.29 is 45.1 Å². The van der Waals surface area contributed by atoms with Crippen LogP contribution in [0.25, 0.3) is 0 Å². The molecule has 0 saturated carbocycles. The molecule has 0 spiro atoms. The molecule has 0 aromatic rings. The van der Waals surface area contributed by atoms with Gasteiger partial charge in [0, 0.05) is 0 Å². The minimum absolute atomic E-state index is 0.187. The van der Waals surface area contributed by atoms with Crippen LogP contribution in [-0.2, 0) is 34.9 Å². The minimum atomic E-state index is -2.03. The Morgan fingerprint density at radius 3 is 1.00 bits per heavy atom. The molecule has 0 saturated heterocycles. The summed E-state index contributed by atoms with van der Waals surface area (Å²) in [7, 11) is 0. The molecule has 7 heteroatoms. The average molecular weight is 326 g/mol. The van der Waals surface area contributed by atoms with Gasteiger partial charge in [0.2, 0.25) is 0 Å². The van der Waals surface area contributed by atoms with E-state index < -0.39 is 18.5 Å². The summed E-state index contributed by atoms with van der Waals surface area (Å²) in [6, 6.07) is 0. The molecule has 0 bridgehead atoms. The predicted molar refractivity (Wildman–Crippen MR) is 50.2 cm³/mol. The van der Waals surface area contributed by atoms with Crippen molar-refractivity contribution in [2.75, 3.05) is 0 Å². The summed E-state index contributed by atoms with van der Waals surface area (Å²) < 4.78 is 17.0. The Morgan fingerprint density at radius 2 is 1.00 bits per heavy atom. The van der Waals surface area contributed by atoms with E-state index in [-0.39, 0.29) is 23.1 Å². The molecular weight excluding hydrogens is 312 g/mol. The van der Waals surface area contributed by atoms with Crippen molar-refractivity contribution in [3.8, 4) is 0 Å². The van der Waals surface area contributed by atoms with E-state index in [4.69, 9.17) is 6.80 Å². The number of rotatable bonds is 2. The molecule has 6 nitrogen and oxygen atoms in total. The summed E-state index contributed by atoms with van der Waals surface area (Å²) in [5.74, 6) is -0.750. The first-order valence-corrected chi connectivity index (χ1v) is 5.94. The van der Waals surface area contributed by atoms with Gasteiger partial charge in [-0.15, -0.1) is 11.5 Å². The number of allylic oxidation sites excluding steroid dienone is 4. The quantitative estimate of drug-likeness (QED) is 0.382. The molecule has 0 aromatic carbocycles. The number of carbonyl (C=O) groups is 2. The van der Waals surface area contributed by atoms with Crippen molar-refractivity contribution in [2.24, 2.45) is 0 Å². The molecule has 0 atom stereocenters. The Labute approximate surface area is 108 Å². The van der Waals surface area contributed by atoms with E-state index in [1.165, 1.54) is 27.7 Å². The summed E-state index contributed by atoms with van der Waals surface area (Å²) >= 11 is -2.03. The van der Waals surface area contributed by atoms with Crippen molar-refractivity contribution in [3.63, 3.8) is 0 Å². The molecule has 0 N–H and O–H groups in total. The zero-order valence-corrected chi connectivity index (χ0v) is 12.0. The van der Waals surface area contributed by atoms with Gasteiger partial charge in [-0.05, 0) is 26.0 Å². The second-order valence-electron chi connectivity index (χ2n) is 2.80. The maximum absolute atomic E-state index is 9.98. The molecule has 0 unspecified atom stereocenters. The monoisotopic (exact) mass is 328 g/mol. The van der Waals surface area contributed by atoms with Crippen LogP contribution < -0.4 is 10.2 Å². The fourth-order valence-corrected chi connectivity index (χ4v) is 0.572. The van der Waals surface area contributed by atoms with Crippen LogP contribution in [0.1, 0.15) is 27.7 Å². The van der Waals surface area contributed by atoms with Gasteiger partial charge in [0.25, 0.3) is 0 Å². The Bertz CT molecular complexity index is 301. The van der Waals surface area contributed by atoms with Crippen LogP contribution in [0.15, 0.2) is 23.7 Å². The van der Waals surface area contributed by atoms with E-state index in [0.717, 1.165) is 12.2 Å². The van der Waals surface area contributed by atoms with Crippen LogP contribution in [0, 0.1) is 0 Å². The number of hydrogen-bond acceptors (Lipinski definition) is 6. The van der Waals surface area contributed by atoms with Gasteiger partial charge in [-0.1, -0.05) is 13.8 Å². The molecule has 17 heavy (non-hydrogen) atoms. The first kappa shape index (κ1) is 21.0. The normalized spacial score (nSPS) is 9.88. The Morgan fingerprint density at radius 1 is 0.824 bits per heavy atom. The van der Waals surface area contributed by atoms with Gasteiger partial charge < -0.3 is 10.2 Å². The van der Waals surface area contributed by atoms with Crippen molar-refractivity contribution >= 4 is 11.6 Å². The zero-order chi connectivity index (χ0) is 14.4. The SMILES string of the molecule is CC(=O)C=C(C)[O-].CC(=O)C=C(C)[O-].[O]=[Mo+2]=[O]. The van der Waals surface area contributed by atoms with Crippen LogP contribution >= 0.6 is 0 Å². The van der Waals surface area contributed by atoms with Crippen LogP contribution in [0.3, 0.4) is 0 Å². The summed E-state index contributed by atoms with van der Waals surface area (Å²) in [5, 5.41) is 20.0. The van der Waals surface area contributed by atoms with Crippen molar-refractivity contribution in [1.82, 2.24) is 0 Å². The summed E-state index contributed by atoms with van der Waals surface area (Å²) in [5.41, 5.74) is 0. The van der Waals surface area contributed by atoms with E-state index in [1.54, 1.807) is 0 Å². The van der Waals surface area contributed by atoms with Gasteiger partial charge in [0.05, 0.1) is 0 Å². The molecule has 0 aliphatic carbocycles. The summed E-state index contributed by atoms with van der Waals surface area (Å²) in [6.45, 7) is 5.39. The second kappa shape index (κ2) is 14.7. The third-order valence-corrected chi connectivity index (χ3v) is 0.813. The van der Waals surface area contributed by atoms with E-state index in [2.05, 4.69) is 0 Å². The fraction of sp³-hybridized carbons (Fsp3) is 0.400. The van der Waals surface area contributed by atoms with Gasteiger partial charge in [-0.25, -0.2) is 0 Å².